The predicted molar refractivity (Wildman–Crippen MR) is 105 cm³/mol. The van der Waals surface area contributed by atoms with E-state index in [4.69, 9.17) is 10.00 Å². The van der Waals surface area contributed by atoms with Gasteiger partial charge in [-0.05, 0) is 24.6 Å². The van der Waals surface area contributed by atoms with Gasteiger partial charge in [-0.25, -0.2) is 8.42 Å². The molecule has 0 unspecified atom stereocenters. The molecule has 8 nitrogen and oxygen atoms in total. The fourth-order valence-electron chi connectivity index (χ4n) is 2.56. The lowest BCUT2D eigenvalue weighted by atomic mass is 10.2. The summed E-state index contributed by atoms with van der Waals surface area (Å²) in [7, 11) is -2.50. The highest BCUT2D eigenvalue weighted by Gasteiger charge is 2.24. The summed E-state index contributed by atoms with van der Waals surface area (Å²) in [6.07, 6.45) is -1.08. The summed E-state index contributed by atoms with van der Waals surface area (Å²) in [5, 5.41) is 9.02. The van der Waals surface area contributed by atoms with E-state index in [0.717, 1.165) is 5.56 Å². The smallest absolute Gasteiger partial charge is 0.321 e. The number of hydrogen-bond acceptors (Lipinski definition) is 6. The molecule has 0 aliphatic rings. The Hall–Kier alpha value is -3.22. The molecule has 1 atom stereocenters. The number of nitrogens with zero attached hydrogens (tertiary/aromatic N) is 2. The number of carbonyl (C=O) groups excluding carboxylic acids is 2. The van der Waals surface area contributed by atoms with Crippen molar-refractivity contribution in [3.8, 4) is 6.07 Å². The molecule has 0 saturated carbocycles. The van der Waals surface area contributed by atoms with Crippen molar-refractivity contribution in [1.29, 1.82) is 5.26 Å². The number of hydrogen-bond donors (Lipinski definition) is 1. The molecule has 2 rings (SSSR count). The van der Waals surface area contributed by atoms with Gasteiger partial charge < -0.3 is 9.64 Å². The van der Waals surface area contributed by atoms with Crippen LogP contribution in [0.2, 0.25) is 0 Å². The molecule has 29 heavy (non-hydrogen) atoms. The molecule has 1 N–H and O–H groups in total. The van der Waals surface area contributed by atoms with Gasteiger partial charge in [0, 0.05) is 13.6 Å². The molecular weight excluding hydrogens is 394 g/mol. The van der Waals surface area contributed by atoms with Crippen LogP contribution in [0.3, 0.4) is 0 Å². The van der Waals surface area contributed by atoms with Crippen molar-refractivity contribution in [3.05, 3.63) is 65.7 Å². The number of nitrogens with one attached hydrogen (secondary N) is 1. The number of likely N-dealkylation sites (N-methyl/N-ethyl adjacent to an activating group) is 1. The summed E-state index contributed by atoms with van der Waals surface area (Å²) in [5.41, 5.74) is 0.880. The van der Waals surface area contributed by atoms with Crippen LogP contribution in [0.15, 0.2) is 59.5 Å². The fraction of sp³-hybridized carbons (Fsp3) is 0.250. The van der Waals surface area contributed by atoms with E-state index in [2.05, 4.69) is 4.72 Å². The van der Waals surface area contributed by atoms with Gasteiger partial charge in [-0.2, -0.15) is 9.98 Å². The van der Waals surface area contributed by atoms with Gasteiger partial charge in [0.1, 0.15) is 12.6 Å². The van der Waals surface area contributed by atoms with E-state index < -0.39 is 34.5 Å². The quantitative estimate of drug-likeness (QED) is 0.652. The highest BCUT2D eigenvalue weighted by Crippen LogP contribution is 2.14. The number of amides is 1. The third-order valence-electron chi connectivity index (χ3n) is 4.00. The number of benzene rings is 2. The van der Waals surface area contributed by atoms with E-state index >= 15 is 0 Å². The second kappa shape index (κ2) is 9.82. The molecule has 0 bridgehead atoms. The largest absolute Gasteiger partial charge is 0.452 e. The van der Waals surface area contributed by atoms with Crippen LogP contribution in [-0.2, 0) is 30.9 Å². The van der Waals surface area contributed by atoms with Crippen molar-refractivity contribution in [2.75, 3.05) is 13.6 Å². The first-order valence-electron chi connectivity index (χ1n) is 8.72. The van der Waals surface area contributed by atoms with E-state index in [1.165, 1.54) is 36.1 Å². The average molecular weight is 415 g/mol. The molecule has 0 aliphatic carbocycles. The Morgan fingerprint density at radius 1 is 1.14 bits per heavy atom. The lowest BCUT2D eigenvalue weighted by Gasteiger charge is -2.21. The number of sulfonamides is 1. The summed E-state index contributed by atoms with van der Waals surface area (Å²) in [6.45, 7) is 1.10. The molecule has 0 fully saturated rings. The van der Waals surface area contributed by atoms with Gasteiger partial charge in [0.05, 0.1) is 10.5 Å². The monoisotopic (exact) mass is 415 g/mol. The Kier molecular flexibility index (Phi) is 7.47. The number of esters is 1. The molecule has 2 aromatic rings. The minimum absolute atomic E-state index is 0.0422. The van der Waals surface area contributed by atoms with Crippen LogP contribution in [0.5, 0.6) is 0 Å². The molecule has 0 heterocycles. The molecule has 0 saturated heterocycles. The Morgan fingerprint density at radius 3 is 2.41 bits per heavy atom. The van der Waals surface area contributed by atoms with Gasteiger partial charge in [-0.1, -0.05) is 42.5 Å². The van der Waals surface area contributed by atoms with Crippen molar-refractivity contribution in [2.24, 2.45) is 0 Å². The molecule has 0 aliphatic heterocycles. The molecule has 0 spiro atoms. The number of ether oxygens (including phenoxy) is 1. The summed E-state index contributed by atoms with van der Waals surface area (Å²) < 4.78 is 31.7. The first-order valence-corrected chi connectivity index (χ1v) is 10.2. The number of carbonyl (C=O) groups is 2. The molecule has 0 radical (unpaired) electrons. The van der Waals surface area contributed by atoms with Crippen molar-refractivity contribution >= 4 is 21.9 Å². The van der Waals surface area contributed by atoms with Gasteiger partial charge in [0.15, 0.2) is 6.10 Å². The maximum atomic E-state index is 12.4. The molecule has 0 aromatic heterocycles. The SMILES string of the molecule is C[C@@H](OC(=O)CNS(=O)(=O)c1ccccc1C#N)C(=O)N(C)Cc1ccccc1. The van der Waals surface area contributed by atoms with Crippen LogP contribution in [0, 0.1) is 11.3 Å². The zero-order chi connectivity index (χ0) is 21.4. The minimum atomic E-state index is -4.08. The van der Waals surface area contributed by atoms with Crippen LogP contribution in [-0.4, -0.2) is 44.9 Å². The first kappa shape index (κ1) is 22.1. The third kappa shape index (κ3) is 6.14. The minimum Gasteiger partial charge on any atom is -0.452 e. The van der Waals surface area contributed by atoms with E-state index in [1.807, 2.05) is 30.3 Å². The standard InChI is InChI=1S/C20H21N3O5S/c1-15(20(25)23(2)14-16-8-4-3-5-9-16)28-19(24)13-22-29(26,27)18-11-7-6-10-17(18)12-21/h3-11,15,22H,13-14H2,1-2H3/t15-/m1/s1. The zero-order valence-corrected chi connectivity index (χ0v) is 16.8. The normalized spacial score (nSPS) is 11.9. The zero-order valence-electron chi connectivity index (χ0n) is 16.0. The lowest BCUT2D eigenvalue weighted by molar-refractivity contribution is -0.157. The third-order valence-corrected chi connectivity index (χ3v) is 5.46. The second-order valence-electron chi connectivity index (χ2n) is 6.24. The maximum absolute atomic E-state index is 12.4. The predicted octanol–water partition coefficient (Wildman–Crippen LogP) is 1.43. The van der Waals surface area contributed by atoms with Crippen molar-refractivity contribution in [1.82, 2.24) is 9.62 Å². The van der Waals surface area contributed by atoms with E-state index in [0.29, 0.717) is 6.54 Å². The topological polar surface area (TPSA) is 117 Å². The van der Waals surface area contributed by atoms with Gasteiger partial charge >= 0.3 is 5.97 Å². The van der Waals surface area contributed by atoms with Crippen molar-refractivity contribution in [2.45, 2.75) is 24.5 Å². The molecule has 152 valence electrons. The summed E-state index contributed by atoms with van der Waals surface area (Å²) in [4.78, 5) is 25.5. The first-order chi connectivity index (χ1) is 13.7. The van der Waals surface area contributed by atoms with Crippen LogP contribution in [0.25, 0.3) is 0 Å². The highest BCUT2D eigenvalue weighted by molar-refractivity contribution is 7.89. The van der Waals surface area contributed by atoms with Gasteiger partial charge in [0.25, 0.3) is 5.91 Å². The summed E-state index contributed by atoms with van der Waals surface area (Å²) in [5.74, 6) is -1.32. The van der Waals surface area contributed by atoms with E-state index in [-0.39, 0.29) is 10.5 Å². The van der Waals surface area contributed by atoms with Crippen LogP contribution >= 0.6 is 0 Å². The summed E-state index contributed by atoms with van der Waals surface area (Å²) >= 11 is 0. The Morgan fingerprint density at radius 2 is 1.76 bits per heavy atom. The molecular formula is C20H21N3O5S. The van der Waals surface area contributed by atoms with Crippen molar-refractivity contribution in [3.63, 3.8) is 0 Å². The van der Waals surface area contributed by atoms with Crippen LogP contribution < -0.4 is 4.72 Å². The van der Waals surface area contributed by atoms with Gasteiger partial charge in [0.2, 0.25) is 10.0 Å². The summed E-state index contributed by atoms with van der Waals surface area (Å²) in [6, 6.07) is 16.7. The number of nitriles is 1. The Balaban J connectivity index is 1.91. The average Bonchev–Trinajstić information content (AvgIpc) is 2.72. The Bertz CT molecular complexity index is 1020. The number of rotatable bonds is 8. The second-order valence-corrected chi connectivity index (χ2v) is 7.98. The van der Waals surface area contributed by atoms with E-state index in [1.54, 1.807) is 13.1 Å². The molecule has 2 aromatic carbocycles. The van der Waals surface area contributed by atoms with Crippen LogP contribution in [0.4, 0.5) is 0 Å². The Labute approximate surface area is 169 Å². The maximum Gasteiger partial charge on any atom is 0.321 e. The van der Waals surface area contributed by atoms with Crippen molar-refractivity contribution < 1.29 is 22.7 Å². The van der Waals surface area contributed by atoms with Crippen LogP contribution in [0.1, 0.15) is 18.1 Å². The highest BCUT2D eigenvalue weighted by atomic mass is 32.2. The van der Waals surface area contributed by atoms with Gasteiger partial charge in [-0.3, -0.25) is 9.59 Å². The lowest BCUT2D eigenvalue weighted by Crippen LogP contribution is -2.39. The van der Waals surface area contributed by atoms with E-state index in [9.17, 15) is 18.0 Å². The van der Waals surface area contributed by atoms with Gasteiger partial charge in [-0.15, -0.1) is 0 Å². The molecule has 9 heteroatoms. The molecule has 1 amide bonds. The fourth-order valence-corrected chi connectivity index (χ4v) is 3.68.